The number of anilines is 2. The molecule has 0 radical (unpaired) electrons. The third kappa shape index (κ3) is 5.00. The maximum Gasteiger partial charge on any atom is 0.226 e. The summed E-state index contributed by atoms with van der Waals surface area (Å²) in [4.78, 5) is 28.8. The standard InChI is InChI=1S/C22H36N6O/c1-17(2)25-20-14-21(24-16-23-20)26-12-7-19(8-13-26)28-11-5-6-18(15-28)22(29)27-9-3-4-10-27/h14,16-19H,3-13,15H2,1-2H3,(H,23,24,25). The first-order valence-corrected chi connectivity index (χ1v) is 11.5. The van der Waals surface area contributed by atoms with Crippen molar-refractivity contribution in [1.29, 1.82) is 0 Å². The molecule has 1 N–H and O–H groups in total. The summed E-state index contributed by atoms with van der Waals surface area (Å²) in [6.07, 6.45) is 8.52. The Kier molecular flexibility index (Phi) is 6.53. The molecule has 1 aromatic rings. The van der Waals surface area contributed by atoms with Crippen LogP contribution < -0.4 is 10.2 Å². The fraction of sp³-hybridized carbons (Fsp3) is 0.773. The van der Waals surface area contributed by atoms with E-state index in [1.54, 1.807) is 6.33 Å². The smallest absolute Gasteiger partial charge is 0.226 e. The van der Waals surface area contributed by atoms with Gasteiger partial charge < -0.3 is 15.1 Å². The number of likely N-dealkylation sites (tertiary alicyclic amines) is 2. The Labute approximate surface area is 174 Å². The van der Waals surface area contributed by atoms with E-state index >= 15 is 0 Å². The Morgan fingerprint density at radius 3 is 2.52 bits per heavy atom. The molecule has 3 saturated heterocycles. The van der Waals surface area contributed by atoms with E-state index in [9.17, 15) is 4.79 Å². The van der Waals surface area contributed by atoms with E-state index in [0.29, 0.717) is 18.0 Å². The van der Waals surface area contributed by atoms with Crippen LogP contribution in [0.3, 0.4) is 0 Å². The number of hydrogen-bond acceptors (Lipinski definition) is 6. The largest absolute Gasteiger partial charge is 0.368 e. The van der Waals surface area contributed by atoms with Crippen molar-refractivity contribution in [3.05, 3.63) is 12.4 Å². The lowest BCUT2D eigenvalue weighted by Crippen LogP contribution is -2.51. The van der Waals surface area contributed by atoms with Gasteiger partial charge in [-0.1, -0.05) is 0 Å². The van der Waals surface area contributed by atoms with E-state index in [1.807, 2.05) is 0 Å². The number of nitrogens with one attached hydrogen (secondary N) is 1. The fourth-order valence-electron chi connectivity index (χ4n) is 5.09. The maximum absolute atomic E-state index is 12.8. The molecule has 7 heteroatoms. The van der Waals surface area contributed by atoms with Gasteiger partial charge >= 0.3 is 0 Å². The minimum Gasteiger partial charge on any atom is -0.368 e. The molecule has 1 aromatic heterocycles. The number of rotatable bonds is 5. The van der Waals surface area contributed by atoms with E-state index in [0.717, 1.165) is 76.6 Å². The summed E-state index contributed by atoms with van der Waals surface area (Å²) in [5, 5.41) is 3.36. The van der Waals surface area contributed by atoms with E-state index in [-0.39, 0.29) is 5.92 Å². The molecule has 0 aliphatic carbocycles. The van der Waals surface area contributed by atoms with Crippen molar-refractivity contribution in [1.82, 2.24) is 19.8 Å². The number of nitrogens with zero attached hydrogens (tertiary/aromatic N) is 5. The summed E-state index contributed by atoms with van der Waals surface area (Å²) in [5.74, 6) is 2.54. The molecule has 4 rings (SSSR count). The first kappa shape index (κ1) is 20.4. The molecule has 0 saturated carbocycles. The van der Waals surface area contributed by atoms with Gasteiger partial charge in [-0.2, -0.15) is 0 Å². The van der Waals surface area contributed by atoms with Gasteiger partial charge in [-0.05, 0) is 58.9 Å². The molecule has 3 aliphatic heterocycles. The Bertz CT molecular complexity index is 682. The average molecular weight is 401 g/mol. The second kappa shape index (κ2) is 9.28. The molecule has 3 fully saturated rings. The molecular weight excluding hydrogens is 364 g/mol. The van der Waals surface area contributed by atoms with Gasteiger partial charge in [0.1, 0.15) is 18.0 Å². The molecule has 0 bridgehead atoms. The molecule has 3 aliphatic rings. The average Bonchev–Trinajstić information content (AvgIpc) is 3.28. The molecule has 4 heterocycles. The molecule has 1 unspecified atom stereocenters. The Morgan fingerprint density at radius 1 is 1.03 bits per heavy atom. The van der Waals surface area contributed by atoms with Crippen molar-refractivity contribution >= 4 is 17.5 Å². The maximum atomic E-state index is 12.8. The summed E-state index contributed by atoms with van der Waals surface area (Å²) in [5.41, 5.74) is 0. The quantitative estimate of drug-likeness (QED) is 0.820. The van der Waals surface area contributed by atoms with Crippen molar-refractivity contribution in [2.75, 3.05) is 49.5 Å². The van der Waals surface area contributed by atoms with Crippen molar-refractivity contribution in [2.45, 2.75) is 64.5 Å². The predicted octanol–water partition coefficient (Wildman–Crippen LogP) is 2.60. The third-order valence-corrected chi connectivity index (χ3v) is 6.61. The molecular formula is C22H36N6O. The Balaban J connectivity index is 1.30. The minimum absolute atomic E-state index is 0.214. The number of carbonyl (C=O) groups excluding carboxylic acids is 1. The van der Waals surface area contributed by atoms with Crippen LogP contribution in [-0.4, -0.2) is 77.0 Å². The summed E-state index contributed by atoms with van der Waals surface area (Å²) in [6, 6.07) is 3.01. The molecule has 7 nitrogen and oxygen atoms in total. The van der Waals surface area contributed by atoms with Gasteiger partial charge in [0.25, 0.3) is 0 Å². The van der Waals surface area contributed by atoms with Gasteiger partial charge in [-0.25, -0.2) is 9.97 Å². The summed E-state index contributed by atoms with van der Waals surface area (Å²) in [7, 11) is 0. The van der Waals surface area contributed by atoms with Crippen LogP contribution in [0.25, 0.3) is 0 Å². The highest BCUT2D eigenvalue weighted by Crippen LogP contribution is 2.27. The number of aromatic nitrogens is 2. The first-order chi connectivity index (χ1) is 14.1. The number of hydrogen-bond donors (Lipinski definition) is 1. The SMILES string of the molecule is CC(C)Nc1cc(N2CCC(N3CCCC(C(=O)N4CCCC4)C3)CC2)ncn1. The summed E-state index contributed by atoms with van der Waals surface area (Å²) >= 11 is 0. The fourth-order valence-corrected chi connectivity index (χ4v) is 5.09. The van der Waals surface area contributed by atoms with Crippen LogP contribution >= 0.6 is 0 Å². The van der Waals surface area contributed by atoms with Crippen molar-refractivity contribution < 1.29 is 4.79 Å². The van der Waals surface area contributed by atoms with Crippen LogP contribution in [0.2, 0.25) is 0 Å². The van der Waals surface area contributed by atoms with Crippen LogP contribution in [0.5, 0.6) is 0 Å². The van der Waals surface area contributed by atoms with Crippen LogP contribution in [0.15, 0.2) is 12.4 Å². The Morgan fingerprint density at radius 2 is 1.79 bits per heavy atom. The topological polar surface area (TPSA) is 64.6 Å². The van der Waals surface area contributed by atoms with Crippen molar-refractivity contribution in [3.8, 4) is 0 Å². The predicted molar refractivity (Wildman–Crippen MR) is 116 cm³/mol. The van der Waals surface area contributed by atoms with Gasteiger partial charge in [0, 0.05) is 50.9 Å². The lowest BCUT2D eigenvalue weighted by atomic mass is 9.93. The number of carbonyl (C=O) groups is 1. The lowest BCUT2D eigenvalue weighted by molar-refractivity contribution is -0.136. The first-order valence-electron chi connectivity index (χ1n) is 11.5. The van der Waals surface area contributed by atoms with Crippen LogP contribution in [-0.2, 0) is 4.79 Å². The zero-order valence-corrected chi connectivity index (χ0v) is 18.0. The van der Waals surface area contributed by atoms with Crippen LogP contribution in [0, 0.1) is 5.92 Å². The van der Waals surface area contributed by atoms with Gasteiger partial charge in [-0.3, -0.25) is 9.69 Å². The molecule has 0 spiro atoms. The van der Waals surface area contributed by atoms with E-state index < -0.39 is 0 Å². The van der Waals surface area contributed by atoms with Crippen LogP contribution in [0.1, 0.15) is 52.4 Å². The number of amides is 1. The Hall–Kier alpha value is -1.89. The molecule has 160 valence electrons. The third-order valence-electron chi connectivity index (χ3n) is 6.61. The van der Waals surface area contributed by atoms with Gasteiger partial charge in [0.2, 0.25) is 5.91 Å². The second-order valence-corrected chi connectivity index (χ2v) is 9.15. The zero-order valence-electron chi connectivity index (χ0n) is 18.0. The van der Waals surface area contributed by atoms with Gasteiger partial charge in [0.15, 0.2) is 0 Å². The second-order valence-electron chi connectivity index (χ2n) is 9.15. The highest BCUT2D eigenvalue weighted by Gasteiger charge is 2.34. The number of piperidine rings is 2. The normalized spacial score (nSPS) is 24.3. The highest BCUT2D eigenvalue weighted by molar-refractivity contribution is 5.79. The summed E-state index contributed by atoms with van der Waals surface area (Å²) < 4.78 is 0. The van der Waals surface area contributed by atoms with E-state index in [2.05, 4.69) is 49.9 Å². The zero-order chi connectivity index (χ0) is 20.2. The summed E-state index contributed by atoms with van der Waals surface area (Å²) in [6.45, 7) is 10.3. The van der Waals surface area contributed by atoms with Gasteiger partial charge in [0.05, 0.1) is 5.92 Å². The van der Waals surface area contributed by atoms with Gasteiger partial charge in [-0.15, -0.1) is 0 Å². The molecule has 0 aromatic carbocycles. The molecule has 1 atom stereocenters. The van der Waals surface area contributed by atoms with E-state index in [4.69, 9.17) is 0 Å². The minimum atomic E-state index is 0.214. The monoisotopic (exact) mass is 400 g/mol. The highest BCUT2D eigenvalue weighted by atomic mass is 16.2. The lowest BCUT2D eigenvalue weighted by Gasteiger charge is -2.42. The molecule has 29 heavy (non-hydrogen) atoms. The molecule has 1 amide bonds. The van der Waals surface area contributed by atoms with E-state index in [1.165, 1.54) is 12.8 Å². The van der Waals surface area contributed by atoms with Crippen molar-refractivity contribution in [2.24, 2.45) is 5.92 Å². The van der Waals surface area contributed by atoms with Crippen molar-refractivity contribution in [3.63, 3.8) is 0 Å². The van der Waals surface area contributed by atoms with Crippen LogP contribution in [0.4, 0.5) is 11.6 Å².